The monoisotopic (exact) mass is 436 g/mol. The molecule has 0 bridgehead atoms. The average Bonchev–Trinajstić information content (AvgIpc) is 3.08. The number of anilines is 1. The van der Waals surface area contributed by atoms with E-state index in [0.29, 0.717) is 5.57 Å². The van der Waals surface area contributed by atoms with Crippen molar-refractivity contribution in [3.8, 4) is 18.2 Å². The first-order valence-electron chi connectivity index (χ1n) is 11.3. The van der Waals surface area contributed by atoms with Crippen LogP contribution < -0.4 is 4.90 Å². The highest BCUT2D eigenvalue weighted by molar-refractivity contribution is 5.57. The van der Waals surface area contributed by atoms with Gasteiger partial charge in [0.05, 0.1) is 6.07 Å². The quantitative estimate of drug-likeness (QED) is 0.294. The minimum absolute atomic E-state index is 0.107. The van der Waals surface area contributed by atoms with Gasteiger partial charge in [-0.25, -0.2) is 0 Å². The number of ether oxygens (including phenoxy) is 1. The molecule has 5 nitrogen and oxygen atoms in total. The predicted octanol–water partition coefficient (Wildman–Crippen LogP) is 6.36. The summed E-state index contributed by atoms with van der Waals surface area (Å²) in [5.74, 6) is -0.706. The summed E-state index contributed by atoms with van der Waals surface area (Å²) in [5, 5.41) is 28.1. The zero-order valence-corrected chi connectivity index (χ0v) is 19.4. The molecule has 1 fully saturated rings. The van der Waals surface area contributed by atoms with Gasteiger partial charge >= 0.3 is 0 Å². The summed E-state index contributed by atoms with van der Waals surface area (Å²) >= 11 is 0. The maximum Gasteiger partial charge on any atom is 0.169 e. The number of benzene rings is 1. The molecular weight excluding hydrogens is 408 g/mol. The Balaban J connectivity index is 1.80. The minimum atomic E-state index is -0.840. The van der Waals surface area contributed by atoms with Crippen molar-refractivity contribution in [3.63, 3.8) is 0 Å². The first kappa shape index (κ1) is 23.7. The topological polar surface area (TPSA) is 83.8 Å². The number of nitriles is 3. The van der Waals surface area contributed by atoms with E-state index < -0.39 is 11.5 Å². The van der Waals surface area contributed by atoms with Crippen molar-refractivity contribution in [2.24, 2.45) is 5.92 Å². The molecule has 1 atom stereocenters. The molecule has 0 radical (unpaired) electrons. The van der Waals surface area contributed by atoms with Crippen molar-refractivity contribution in [2.45, 2.75) is 58.5 Å². The molecule has 166 valence electrons. The van der Waals surface area contributed by atoms with E-state index >= 15 is 0 Å². The van der Waals surface area contributed by atoms with Gasteiger partial charge in [-0.15, -0.1) is 5.73 Å². The smallest absolute Gasteiger partial charge is 0.169 e. The molecule has 2 aliphatic rings. The molecule has 0 spiro atoms. The van der Waals surface area contributed by atoms with Crippen molar-refractivity contribution in [2.75, 3.05) is 4.90 Å². The van der Waals surface area contributed by atoms with Gasteiger partial charge in [0, 0.05) is 29.2 Å². The Morgan fingerprint density at radius 1 is 1.00 bits per heavy atom. The SMILES string of the molecule is CCCCCCc1ccc(N2C=CC(=C=C3C(C#N)C(=C(C#N)C#N)OC3(C)C)C=C2)cc1. The van der Waals surface area contributed by atoms with Crippen LogP contribution in [-0.2, 0) is 11.2 Å². The first-order chi connectivity index (χ1) is 15.9. The molecule has 0 aliphatic carbocycles. The van der Waals surface area contributed by atoms with Crippen molar-refractivity contribution in [3.05, 3.63) is 82.6 Å². The maximum atomic E-state index is 9.70. The molecule has 0 N–H and O–H groups in total. The second-order valence-electron chi connectivity index (χ2n) is 8.65. The Labute approximate surface area is 196 Å². The fourth-order valence-corrected chi connectivity index (χ4v) is 3.97. The third kappa shape index (κ3) is 5.45. The molecule has 1 aromatic rings. The number of hydrogen-bond acceptors (Lipinski definition) is 5. The van der Waals surface area contributed by atoms with Crippen LogP contribution in [0.3, 0.4) is 0 Å². The van der Waals surface area contributed by atoms with Crippen LogP contribution in [0.25, 0.3) is 0 Å². The number of unbranched alkanes of at least 4 members (excludes halogenated alkanes) is 3. The molecule has 2 heterocycles. The van der Waals surface area contributed by atoms with E-state index in [1.54, 1.807) is 0 Å². The highest BCUT2D eigenvalue weighted by Crippen LogP contribution is 2.43. The summed E-state index contributed by atoms with van der Waals surface area (Å²) in [6.07, 6.45) is 13.9. The van der Waals surface area contributed by atoms with E-state index in [2.05, 4.69) is 43.0 Å². The summed E-state index contributed by atoms with van der Waals surface area (Å²) in [6.45, 7) is 5.85. The van der Waals surface area contributed by atoms with Crippen LogP contribution in [0.4, 0.5) is 5.69 Å². The number of hydrogen-bond donors (Lipinski definition) is 0. The van der Waals surface area contributed by atoms with Crippen LogP contribution in [0, 0.1) is 39.9 Å². The van der Waals surface area contributed by atoms with Gasteiger partial charge in [0.15, 0.2) is 5.57 Å². The van der Waals surface area contributed by atoms with Gasteiger partial charge in [-0.3, -0.25) is 0 Å². The van der Waals surface area contributed by atoms with Gasteiger partial charge < -0.3 is 9.64 Å². The number of rotatable bonds is 6. The molecule has 1 saturated heterocycles. The third-order valence-corrected chi connectivity index (χ3v) is 5.83. The Morgan fingerprint density at radius 2 is 1.67 bits per heavy atom. The van der Waals surface area contributed by atoms with Crippen molar-refractivity contribution in [1.82, 2.24) is 0 Å². The minimum Gasteiger partial charge on any atom is -0.483 e. The summed E-state index contributed by atoms with van der Waals surface area (Å²) < 4.78 is 5.83. The Bertz CT molecular complexity index is 1140. The second kappa shape index (κ2) is 10.6. The van der Waals surface area contributed by atoms with Crippen LogP contribution in [-0.4, -0.2) is 5.60 Å². The van der Waals surface area contributed by atoms with Gasteiger partial charge in [-0.2, -0.15) is 15.8 Å². The molecule has 1 unspecified atom stereocenters. The van der Waals surface area contributed by atoms with E-state index in [-0.39, 0.29) is 11.3 Å². The number of nitrogens with zero attached hydrogens (tertiary/aromatic N) is 4. The molecule has 33 heavy (non-hydrogen) atoms. The number of allylic oxidation sites excluding steroid dienone is 4. The van der Waals surface area contributed by atoms with E-state index in [9.17, 15) is 15.8 Å². The van der Waals surface area contributed by atoms with Gasteiger partial charge in [-0.1, -0.05) is 38.3 Å². The highest BCUT2D eigenvalue weighted by Gasteiger charge is 2.44. The van der Waals surface area contributed by atoms with E-state index in [1.165, 1.54) is 31.2 Å². The Kier molecular flexibility index (Phi) is 7.58. The molecule has 5 heteroatoms. The van der Waals surface area contributed by atoms with Gasteiger partial charge in [0.2, 0.25) is 0 Å². The zero-order chi connectivity index (χ0) is 23.8. The molecule has 0 aromatic heterocycles. The van der Waals surface area contributed by atoms with Crippen molar-refractivity contribution < 1.29 is 4.74 Å². The standard InChI is InChI=1S/C28H28N4O/c1-4-5-6-7-8-21-9-11-24(12-10-21)32-15-13-22(14-16-32)17-26-25(20-31)27(23(18-29)19-30)33-28(26,2)3/h9-16,25H,4-8H2,1-3H3. The van der Waals surface area contributed by atoms with Crippen LogP contribution in [0.1, 0.15) is 52.0 Å². The summed E-state index contributed by atoms with van der Waals surface area (Å²) in [4.78, 5) is 2.03. The van der Waals surface area contributed by atoms with Gasteiger partial charge in [0.25, 0.3) is 0 Å². The number of aryl methyl sites for hydroxylation is 1. The Hall–Kier alpha value is -3.97. The molecule has 0 saturated carbocycles. The largest absolute Gasteiger partial charge is 0.483 e. The molecule has 3 rings (SSSR count). The fraction of sp³-hybridized carbons (Fsp3) is 0.357. The van der Waals surface area contributed by atoms with Crippen LogP contribution >= 0.6 is 0 Å². The van der Waals surface area contributed by atoms with E-state index in [4.69, 9.17) is 4.74 Å². The van der Waals surface area contributed by atoms with Crippen molar-refractivity contribution in [1.29, 1.82) is 15.8 Å². The lowest BCUT2D eigenvalue weighted by molar-refractivity contribution is 0.100. The molecular formula is C28H28N4O. The zero-order valence-electron chi connectivity index (χ0n) is 19.4. The summed E-state index contributed by atoms with van der Waals surface area (Å²) in [5.41, 5.74) is 6.10. The van der Waals surface area contributed by atoms with E-state index in [1.807, 2.05) is 55.4 Å². The van der Waals surface area contributed by atoms with Crippen LogP contribution in [0.5, 0.6) is 0 Å². The maximum absolute atomic E-state index is 9.70. The summed E-state index contributed by atoms with van der Waals surface area (Å²) in [7, 11) is 0. The molecule has 1 aromatic carbocycles. The fourth-order valence-electron chi connectivity index (χ4n) is 3.97. The van der Waals surface area contributed by atoms with Crippen molar-refractivity contribution >= 4 is 5.69 Å². The lowest BCUT2D eigenvalue weighted by atomic mass is 9.89. The lowest BCUT2D eigenvalue weighted by Crippen LogP contribution is -2.20. The third-order valence-electron chi connectivity index (χ3n) is 5.83. The highest BCUT2D eigenvalue weighted by atomic mass is 16.5. The van der Waals surface area contributed by atoms with Gasteiger partial charge in [0.1, 0.15) is 29.4 Å². The second-order valence-corrected chi connectivity index (χ2v) is 8.65. The molecule has 2 aliphatic heterocycles. The summed E-state index contributed by atoms with van der Waals surface area (Å²) in [6, 6.07) is 14.4. The normalized spacial score (nSPS) is 18.2. The molecule has 0 amide bonds. The predicted molar refractivity (Wildman–Crippen MR) is 128 cm³/mol. The van der Waals surface area contributed by atoms with Gasteiger partial charge in [-0.05, 0) is 56.5 Å². The average molecular weight is 437 g/mol. The van der Waals surface area contributed by atoms with Crippen LogP contribution in [0.2, 0.25) is 0 Å². The Morgan fingerprint density at radius 3 is 2.24 bits per heavy atom. The lowest BCUT2D eigenvalue weighted by Gasteiger charge is -2.20. The van der Waals surface area contributed by atoms with Crippen LogP contribution in [0.15, 0.2) is 77.0 Å². The van der Waals surface area contributed by atoms with E-state index in [0.717, 1.165) is 17.7 Å². The first-order valence-corrected chi connectivity index (χ1v) is 11.3.